The van der Waals surface area contributed by atoms with Gasteiger partial charge >= 0.3 is 12.1 Å². The molecule has 1 N–H and O–H groups in total. The normalized spacial score (nSPS) is 21.3. The fourth-order valence-corrected chi connectivity index (χ4v) is 3.10. The number of halogens is 2. The van der Waals surface area contributed by atoms with Crippen molar-refractivity contribution in [1.29, 1.82) is 0 Å². The molecule has 1 heterocycles. The fourth-order valence-electron chi connectivity index (χ4n) is 2.65. The minimum atomic E-state index is -0.975. The van der Waals surface area contributed by atoms with Gasteiger partial charge in [-0.25, -0.2) is 4.79 Å². The van der Waals surface area contributed by atoms with Gasteiger partial charge in [-0.15, -0.1) is 0 Å². The van der Waals surface area contributed by atoms with Crippen molar-refractivity contribution in [3.63, 3.8) is 0 Å². The van der Waals surface area contributed by atoms with Crippen LogP contribution < -0.4 is 0 Å². The molecule has 0 aliphatic carbocycles. The quantitative estimate of drug-likeness (QED) is 0.865. The van der Waals surface area contributed by atoms with E-state index < -0.39 is 29.5 Å². The molecule has 2 rings (SSSR count). The average molecular weight is 360 g/mol. The van der Waals surface area contributed by atoms with Crippen LogP contribution in [-0.4, -0.2) is 40.8 Å². The van der Waals surface area contributed by atoms with E-state index in [0.717, 1.165) is 0 Å². The van der Waals surface area contributed by atoms with Crippen LogP contribution in [0.4, 0.5) is 4.79 Å². The summed E-state index contributed by atoms with van der Waals surface area (Å²) in [5.74, 6) is -2.15. The Kier molecular flexibility index (Phi) is 5.11. The number of hydrogen-bond acceptors (Lipinski definition) is 3. The van der Waals surface area contributed by atoms with Crippen LogP contribution in [0.5, 0.6) is 0 Å². The van der Waals surface area contributed by atoms with Gasteiger partial charge in [-0.05, 0) is 32.4 Å². The fraction of sp³-hybridized carbons (Fsp3) is 0.500. The van der Waals surface area contributed by atoms with Gasteiger partial charge in [0.05, 0.1) is 16.0 Å². The summed E-state index contributed by atoms with van der Waals surface area (Å²) in [6.07, 6.45) is -0.524. The lowest BCUT2D eigenvalue weighted by Gasteiger charge is -2.24. The standard InChI is InChI=1S/C16H19Cl2NO4/c1-16(2,3)23-15(22)19-7-10(11(8-19)14(20)21)9-5-4-6-12(17)13(9)18/h4-6,10-11H,7-8H2,1-3H3,(H,20,21). The van der Waals surface area contributed by atoms with E-state index in [9.17, 15) is 14.7 Å². The number of carbonyl (C=O) groups excluding carboxylic acids is 1. The van der Waals surface area contributed by atoms with E-state index in [0.29, 0.717) is 15.6 Å². The molecule has 1 aromatic carbocycles. The van der Waals surface area contributed by atoms with Gasteiger partial charge in [0.2, 0.25) is 0 Å². The highest BCUT2D eigenvalue weighted by atomic mass is 35.5. The van der Waals surface area contributed by atoms with Gasteiger partial charge in [0.15, 0.2) is 0 Å². The average Bonchev–Trinajstić information content (AvgIpc) is 2.85. The topological polar surface area (TPSA) is 66.8 Å². The van der Waals surface area contributed by atoms with E-state index in [1.54, 1.807) is 39.0 Å². The van der Waals surface area contributed by atoms with E-state index >= 15 is 0 Å². The van der Waals surface area contributed by atoms with Gasteiger partial charge in [0, 0.05) is 19.0 Å². The number of nitrogens with zero attached hydrogens (tertiary/aromatic N) is 1. The van der Waals surface area contributed by atoms with Crippen molar-refractivity contribution in [3.8, 4) is 0 Å². The summed E-state index contributed by atoms with van der Waals surface area (Å²) in [7, 11) is 0. The molecule has 1 aliphatic rings. The zero-order chi connectivity index (χ0) is 17.4. The molecular formula is C16H19Cl2NO4. The number of benzene rings is 1. The van der Waals surface area contributed by atoms with Crippen molar-refractivity contribution < 1.29 is 19.4 Å². The van der Waals surface area contributed by atoms with Gasteiger partial charge in [-0.3, -0.25) is 4.79 Å². The van der Waals surface area contributed by atoms with E-state index in [-0.39, 0.29) is 13.1 Å². The van der Waals surface area contributed by atoms with Gasteiger partial charge < -0.3 is 14.7 Å². The van der Waals surface area contributed by atoms with Crippen molar-refractivity contribution in [2.45, 2.75) is 32.3 Å². The first-order valence-electron chi connectivity index (χ1n) is 7.25. The Balaban J connectivity index is 2.27. The molecule has 1 aliphatic heterocycles. The second-order valence-corrected chi connectivity index (χ2v) is 7.36. The molecule has 2 unspecified atom stereocenters. The van der Waals surface area contributed by atoms with Crippen molar-refractivity contribution in [2.24, 2.45) is 5.92 Å². The second kappa shape index (κ2) is 6.57. The van der Waals surface area contributed by atoms with Crippen molar-refractivity contribution in [1.82, 2.24) is 4.90 Å². The smallest absolute Gasteiger partial charge is 0.410 e. The van der Waals surface area contributed by atoms with E-state index in [4.69, 9.17) is 27.9 Å². The van der Waals surface area contributed by atoms with Crippen LogP contribution in [0.25, 0.3) is 0 Å². The molecule has 0 aromatic heterocycles. The maximum absolute atomic E-state index is 12.2. The van der Waals surface area contributed by atoms with Crippen LogP contribution in [-0.2, 0) is 9.53 Å². The molecule has 23 heavy (non-hydrogen) atoms. The summed E-state index contributed by atoms with van der Waals surface area (Å²) < 4.78 is 5.32. The molecule has 7 heteroatoms. The van der Waals surface area contributed by atoms with E-state index in [1.807, 2.05) is 0 Å². The number of carbonyl (C=O) groups is 2. The minimum absolute atomic E-state index is 0.0811. The Labute approximate surface area is 145 Å². The van der Waals surface area contributed by atoms with Crippen LogP contribution in [0.3, 0.4) is 0 Å². The van der Waals surface area contributed by atoms with E-state index in [1.165, 1.54) is 4.90 Å². The maximum Gasteiger partial charge on any atom is 0.410 e. The lowest BCUT2D eigenvalue weighted by atomic mass is 9.89. The van der Waals surface area contributed by atoms with E-state index in [2.05, 4.69) is 0 Å². The van der Waals surface area contributed by atoms with Crippen LogP contribution in [0, 0.1) is 5.92 Å². The van der Waals surface area contributed by atoms with Gasteiger partial charge in [0.1, 0.15) is 5.60 Å². The molecular weight excluding hydrogens is 341 g/mol. The Morgan fingerprint density at radius 2 is 1.91 bits per heavy atom. The molecule has 1 aromatic rings. The van der Waals surface area contributed by atoms with Crippen molar-refractivity contribution in [3.05, 3.63) is 33.8 Å². The van der Waals surface area contributed by atoms with Gasteiger partial charge in [-0.2, -0.15) is 0 Å². The highest BCUT2D eigenvalue weighted by molar-refractivity contribution is 6.42. The summed E-state index contributed by atoms with van der Waals surface area (Å²) in [5, 5.41) is 10.2. The molecule has 1 amide bonds. The zero-order valence-electron chi connectivity index (χ0n) is 13.2. The Morgan fingerprint density at radius 3 is 2.48 bits per heavy atom. The first-order valence-corrected chi connectivity index (χ1v) is 8.00. The number of amides is 1. The lowest BCUT2D eigenvalue weighted by molar-refractivity contribution is -0.141. The number of carboxylic acid groups (broad SMARTS) is 1. The number of likely N-dealkylation sites (tertiary alicyclic amines) is 1. The van der Waals surface area contributed by atoms with Crippen molar-refractivity contribution in [2.75, 3.05) is 13.1 Å². The summed E-state index contributed by atoms with van der Waals surface area (Å²) in [4.78, 5) is 25.2. The SMILES string of the molecule is CC(C)(C)OC(=O)N1CC(C(=O)O)C(c2cccc(Cl)c2Cl)C1. The summed E-state index contributed by atoms with van der Waals surface area (Å²) >= 11 is 12.2. The highest BCUT2D eigenvalue weighted by Crippen LogP contribution is 2.39. The lowest BCUT2D eigenvalue weighted by Crippen LogP contribution is -2.35. The summed E-state index contributed by atoms with van der Waals surface area (Å²) in [6, 6.07) is 5.11. The first-order chi connectivity index (χ1) is 10.6. The molecule has 0 saturated carbocycles. The molecule has 0 radical (unpaired) electrons. The largest absolute Gasteiger partial charge is 0.481 e. The van der Waals surface area contributed by atoms with Gasteiger partial charge in [-0.1, -0.05) is 35.3 Å². The number of hydrogen-bond donors (Lipinski definition) is 1. The third-order valence-corrected chi connectivity index (χ3v) is 4.50. The maximum atomic E-state index is 12.2. The zero-order valence-corrected chi connectivity index (χ0v) is 14.7. The van der Waals surface area contributed by atoms with Crippen LogP contribution in [0.15, 0.2) is 18.2 Å². The number of rotatable bonds is 2. The predicted octanol–water partition coefficient (Wildman–Crippen LogP) is 4.03. The molecule has 0 bridgehead atoms. The molecule has 1 fully saturated rings. The Morgan fingerprint density at radius 1 is 1.26 bits per heavy atom. The Hall–Kier alpha value is -1.46. The molecule has 1 saturated heterocycles. The van der Waals surface area contributed by atoms with Crippen molar-refractivity contribution >= 4 is 35.3 Å². The molecule has 5 nitrogen and oxygen atoms in total. The predicted molar refractivity (Wildman–Crippen MR) is 88.1 cm³/mol. The second-order valence-electron chi connectivity index (χ2n) is 6.58. The first kappa shape index (κ1) is 17.9. The number of ether oxygens (including phenoxy) is 1. The minimum Gasteiger partial charge on any atom is -0.481 e. The molecule has 126 valence electrons. The molecule has 2 atom stereocenters. The van der Waals surface area contributed by atoms with Crippen LogP contribution in [0.1, 0.15) is 32.3 Å². The Bertz CT molecular complexity index is 627. The third-order valence-electron chi connectivity index (χ3n) is 3.67. The number of aliphatic carboxylic acids is 1. The number of carboxylic acids is 1. The summed E-state index contributed by atoms with van der Waals surface area (Å²) in [6.45, 7) is 5.60. The van der Waals surface area contributed by atoms with Crippen LogP contribution >= 0.6 is 23.2 Å². The van der Waals surface area contributed by atoms with Crippen LogP contribution in [0.2, 0.25) is 10.0 Å². The highest BCUT2D eigenvalue weighted by Gasteiger charge is 2.42. The van der Waals surface area contributed by atoms with Gasteiger partial charge in [0.25, 0.3) is 0 Å². The molecule has 0 spiro atoms. The summed E-state index contributed by atoms with van der Waals surface area (Å²) in [5.41, 5.74) is -0.000621. The third kappa shape index (κ3) is 4.09. The monoisotopic (exact) mass is 359 g/mol.